The van der Waals surface area contributed by atoms with E-state index in [0.29, 0.717) is 22.9 Å². The first-order chi connectivity index (χ1) is 9.67. The summed E-state index contributed by atoms with van der Waals surface area (Å²) in [5.74, 6) is 0.191. The summed E-state index contributed by atoms with van der Waals surface area (Å²) in [7, 11) is 1.52. The number of hydrogen-bond donors (Lipinski definition) is 1. The molecule has 0 aliphatic heterocycles. The highest BCUT2D eigenvalue weighted by Gasteiger charge is 2.19. The van der Waals surface area contributed by atoms with Gasteiger partial charge < -0.3 is 10.1 Å². The molecular formula is C16H17ClFNO. The average molecular weight is 294 g/mol. The van der Waals surface area contributed by atoms with Crippen molar-refractivity contribution in [3.05, 3.63) is 64.4 Å². The molecule has 4 heteroatoms. The molecule has 0 saturated carbocycles. The number of methoxy groups -OCH3 is 1. The molecule has 0 heterocycles. The van der Waals surface area contributed by atoms with Gasteiger partial charge in [0.15, 0.2) is 0 Å². The molecule has 1 atom stereocenters. The van der Waals surface area contributed by atoms with Gasteiger partial charge in [-0.15, -0.1) is 0 Å². The van der Waals surface area contributed by atoms with Crippen molar-refractivity contribution in [3.63, 3.8) is 0 Å². The van der Waals surface area contributed by atoms with Crippen molar-refractivity contribution < 1.29 is 9.13 Å². The summed E-state index contributed by atoms with van der Waals surface area (Å²) in [4.78, 5) is 0. The van der Waals surface area contributed by atoms with Crippen LogP contribution in [0, 0.1) is 5.82 Å². The Morgan fingerprint density at radius 3 is 2.55 bits per heavy atom. The minimum atomic E-state index is -0.310. The fraction of sp³-hybridized carbons (Fsp3) is 0.250. The number of benzene rings is 2. The van der Waals surface area contributed by atoms with Crippen molar-refractivity contribution in [1.29, 1.82) is 0 Å². The van der Waals surface area contributed by atoms with Crippen molar-refractivity contribution in [1.82, 2.24) is 5.32 Å². The van der Waals surface area contributed by atoms with Gasteiger partial charge in [-0.1, -0.05) is 42.8 Å². The molecule has 2 aromatic rings. The second kappa shape index (κ2) is 6.73. The zero-order valence-corrected chi connectivity index (χ0v) is 12.2. The Balaban J connectivity index is 2.46. The van der Waals surface area contributed by atoms with Crippen LogP contribution in [0.3, 0.4) is 0 Å². The Kier molecular flexibility index (Phi) is 4.99. The Morgan fingerprint density at radius 1 is 1.20 bits per heavy atom. The molecular weight excluding hydrogens is 277 g/mol. The Bertz CT molecular complexity index is 588. The third kappa shape index (κ3) is 3.11. The quantitative estimate of drug-likeness (QED) is 0.892. The van der Waals surface area contributed by atoms with Crippen LogP contribution in [-0.4, -0.2) is 13.7 Å². The highest BCUT2D eigenvalue weighted by Crippen LogP contribution is 2.31. The maximum Gasteiger partial charge on any atom is 0.132 e. The lowest BCUT2D eigenvalue weighted by molar-refractivity contribution is 0.410. The molecule has 0 radical (unpaired) electrons. The summed E-state index contributed by atoms with van der Waals surface area (Å²) < 4.78 is 19.3. The lowest BCUT2D eigenvalue weighted by Crippen LogP contribution is -2.23. The second-order valence-corrected chi connectivity index (χ2v) is 4.81. The van der Waals surface area contributed by atoms with E-state index in [1.807, 2.05) is 31.2 Å². The van der Waals surface area contributed by atoms with E-state index < -0.39 is 0 Å². The fourth-order valence-corrected chi connectivity index (χ4v) is 2.41. The minimum Gasteiger partial charge on any atom is -0.497 e. The molecule has 0 saturated heterocycles. The van der Waals surface area contributed by atoms with Crippen LogP contribution < -0.4 is 10.1 Å². The van der Waals surface area contributed by atoms with E-state index in [4.69, 9.17) is 16.3 Å². The third-order valence-corrected chi connectivity index (χ3v) is 3.49. The number of ether oxygens (including phenoxy) is 1. The zero-order chi connectivity index (χ0) is 14.5. The van der Waals surface area contributed by atoms with Gasteiger partial charge in [0.2, 0.25) is 0 Å². The van der Waals surface area contributed by atoms with Gasteiger partial charge in [0.1, 0.15) is 11.6 Å². The van der Waals surface area contributed by atoms with E-state index in [2.05, 4.69) is 5.32 Å². The summed E-state index contributed by atoms with van der Waals surface area (Å²) in [5, 5.41) is 3.89. The fourth-order valence-electron chi connectivity index (χ4n) is 2.17. The summed E-state index contributed by atoms with van der Waals surface area (Å²) >= 11 is 6.23. The van der Waals surface area contributed by atoms with Crippen molar-refractivity contribution in [2.45, 2.75) is 13.0 Å². The SMILES string of the molecule is CCNC(c1ccc(OC)cc1F)c1ccccc1Cl. The number of rotatable bonds is 5. The van der Waals surface area contributed by atoms with Crippen molar-refractivity contribution in [3.8, 4) is 5.75 Å². The largest absolute Gasteiger partial charge is 0.497 e. The van der Waals surface area contributed by atoms with E-state index in [9.17, 15) is 4.39 Å². The maximum absolute atomic E-state index is 14.3. The van der Waals surface area contributed by atoms with Gasteiger partial charge >= 0.3 is 0 Å². The second-order valence-electron chi connectivity index (χ2n) is 4.40. The van der Waals surface area contributed by atoms with Gasteiger partial charge in [-0.05, 0) is 24.2 Å². The average Bonchev–Trinajstić information content (AvgIpc) is 2.46. The van der Waals surface area contributed by atoms with Gasteiger partial charge in [0, 0.05) is 16.7 Å². The van der Waals surface area contributed by atoms with Gasteiger partial charge in [0.05, 0.1) is 13.2 Å². The topological polar surface area (TPSA) is 21.3 Å². The molecule has 0 aliphatic rings. The molecule has 2 rings (SSSR count). The van der Waals surface area contributed by atoms with E-state index in [-0.39, 0.29) is 11.9 Å². The summed E-state index contributed by atoms with van der Waals surface area (Å²) in [6.07, 6.45) is 0. The van der Waals surface area contributed by atoms with Gasteiger partial charge in [-0.2, -0.15) is 0 Å². The molecule has 106 valence electrons. The van der Waals surface area contributed by atoms with Crippen molar-refractivity contribution in [2.75, 3.05) is 13.7 Å². The molecule has 0 aliphatic carbocycles. The molecule has 0 amide bonds. The molecule has 0 bridgehead atoms. The van der Waals surface area contributed by atoms with E-state index in [1.54, 1.807) is 12.1 Å². The first kappa shape index (κ1) is 14.8. The lowest BCUT2D eigenvalue weighted by Gasteiger charge is -2.21. The molecule has 2 nitrogen and oxygen atoms in total. The molecule has 1 N–H and O–H groups in total. The Hall–Kier alpha value is -1.58. The molecule has 1 unspecified atom stereocenters. The minimum absolute atomic E-state index is 0.278. The Labute approximate surface area is 123 Å². The zero-order valence-electron chi connectivity index (χ0n) is 11.5. The smallest absolute Gasteiger partial charge is 0.132 e. The van der Waals surface area contributed by atoms with Crippen LogP contribution >= 0.6 is 11.6 Å². The predicted molar refractivity (Wildman–Crippen MR) is 79.9 cm³/mol. The van der Waals surface area contributed by atoms with Crippen LogP contribution in [0.5, 0.6) is 5.75 Å². The highest BCUT2D eigenvalue weighted by atomic mass is 35.5. The van der Waals surface area contributed by atoms with E-state index in [0.717, 1.165) is 5.56 Å². The first-order valence-corrected chi connectivity index (χ1v) is 6.86. The monoisotopic (exact) mass is 293 g/mol. The molecule has 0 spiro atoms. The summed E-state index contributed by atoms with van der Waals surface area (Å²) in [6, 6.07) is 12.1. The molecule has 20 heavy (non-hydrogen) atoms. The van der Waals surface area contributed by atoms with Crippen LogP contribution in [0.15, 0.2) is 42.5 Å². The lowest BCUT2D eigenvalue weighted by atomic mass is 9.98. The maximum atomic E-state index is 14.3. The van der Waals surface area contributed by atoms with Gasteiger partial charge in [-0.3, -0.25) is 0 Å². The first-order valence-electron chi connectivity index (χ1n) is 6.48. The third-order valence-electron chi connectivity index (χ3n) is 3.14. The summed E-state index contributed by atoms with van der Waals surface area (Å²) in [5.41, 5.74) is 1.42. The van der Waals surface area contributed by atoms with Crippen LogP contribution in [0.4, 0.5) is 4.39 Å². The van der Waals surface area contributed by atoms with E-state index in [1.165, 1.54) is 13.2 Å². The standard InChI is InChI=1S/C16H17ClFNO/c1-3-19-16(12-6-4-5-7-14(12)17)13-9-8-11(20-2)10-15(13)18/h4-10,16,19H,3H2,1-2H3. The van der Waals surface area contributed by atoms with Crippen LogP contribution in [0.25, 0.3) is 0 Å². The highest BCUT2D eigenvalue weighted by molar-refractivity contribution is 6.31. The number of halogens is 2. The summed E-state index contributed by atoms with van der Waals surface area (Å²) in [6.45, 7) is 2.69. The molecule has 0 aromatic heterocycles. The number of hydrogen-bond acceptors (Lipinski definition) is 2. The predicted octanol–water partition coefficient (Wildman–Crippen LogP) is 4.19. The van der Waals surface area contributed by atoms with Gasteiger partial charge in [0.25, 0.3) is 0 Å². The van der Waals surface area contributed by atoms with Crippen LogP contribution in [0.2, 0.25) is 5.02 Å². The molecule has 0 fully saturated rings. The van der Waals surface area contributed by atoms with Crippen LogP contribution in [-0.2, 0) is 0 Å². The number of nitrogens with one attached hydrogen (secondary N) is 1. The normalized spacial score (nSPS) is 12.2. The van der Waals surface area contributed by atoms with Crippen molar-refractivity contribution >= 4 is 11.6 Å². The van der Waals surface area contributed by atoms with Crippen molar-refractivity contribution in [2.24, 2.45) is 0 Å². The van der Waals surface area contributed by atoms with Crippen LogP contribution in [0.1, 0.15) is 24.1 Å². The molecule has 2 aromatic carbocycles. The van der Waals surface area contributed by atoms with Gasteiger partial charge in [-0.25, -0.2) is 4.39 Å². The van der Waals surface area contributed by atoms with E-state index >= 15 is 0 Å². The Morgan fingerprint density at radius 2 is 1.95 bits per heavy atom.